The van der Waals surface area contributed by atoms with Crippen LogP contribution in [0.25, 0.3) is 0 Å². The van der Waals surface area contributed by atoms with E-state index in [9.17, 15) is 18.8 Å². The van der Waals surface area contributed by atoms with Crippen LogP contribution in [0.15, 0.2) is 24.3 Å². The number of carbonyl (C=O) groups is 3. The van der Waals surface area contributed by atoms with Crippen LogP contribution in [0.1, 0.15) is 6.42 Å². The van der Waals surface area contributed by atoms with E-state index in [0.29, 0.717) is 0 Å². The maximum Gasteiger partial charge on any atom is 0.313 e. The van der Waals surface area contributed by atoms with Crippen LogP contribution in [0.4, 0.5) is 10.1 Å². The summed E-state index contributed by atoms with van der Waals surface area (Å²) in [6.07, 6.45) is -0.0622. The lowest BCUT2D eigenvalue weighted by molar-refractivity contribution is -0.134. The predicted octanol–water partition coefficient (Wildman–Crippen LogP) is 1.28. The molecule has 100 valence electrons. The summed E-state index contributed by atoms with van der Waals surface area (Å²) >= 11 is 0.901. The van der Waals surface area contributed by atoms with Gasteiger partial charge in [-0.25, -0.2) is 9.29 Å². The quantitative estimate of drug-likeness (QED) is 0.842. The van der Waals surface area contributed by atoms with Gasteiger partial charge in [0.15, 0.2) is 0 Å². The molecule has 1 saturated heterocycles. The van der Waals surface area contributed by atoms with Crippen molar-refractivity contribution >= 4 is 35.2 Å². The minimum Gasteiger partial charge on any atom is -0.481 e. The molecule has 1 fully saturated rings. The number of carboxylic acid groups (broad SMARTS) is 1. The minimum atomic E-state index is -1.05. The van der Waals surface area contributed by atoms with Crippen LogP contribution in [0.5, 0.6) is 0 Å². The molecule has 1 aromatic rings. The molecule has 2 amide bonds. The molecular weight excluding hydrogens is 273 g/mol. The first-order valence-electron chi connectivity index (χ1n) is 5.45. The smallest absolute Gasteiger partial charge is 0.313 e. The van der Waals surface area contributed by atoms with E-state index in [1.165, 1.54) is 18.2 Å². The summed E-state index contributed by atoms with van der Waals surface area (Å²) in [6, 6.07) is 5.18. The molecule has 5 nitrogen and oxygen atoms in total. The molecule has 1 N–H and O–H groups in total. The molecule has 7 heteroatoms. The molecule has 1 aromatic carbocycles. The van der Waals surface area contributed by atoms with Gasteiger partial charge in [0.05, 0.1) is 16.7 Å². The Labute approximate surface area is 112 Å². The number of thioether (sulfide) groups is 1. The summed E-state index contributed by atoms with van der Waals surface area (Å²) < 4.78 is 13.1. The average molecular weight is 283 g/mol. The molecule has 1 heterocycles. The number of benzene rings is 1. The molecule has 1 aliphatic heterocycles. The number of amides is 2. The largest absolute Gasteiger partial charge is 0.481 e. The first-order valence-corrected chi connectivity index (χ1v) is 6.49. The topological polar surface area (TPSA) is 74.7 Å². The van der Waals surface area contributed by atoms with Crippen LogP contribution >= 0.6 is 11.8 Å². The van der Waals surface area contributed by atoms with Gasteiger partial charge in [-0.1, -0.05) is 6.07 Å². The number of anilines is 1. The minimum absolute atomic E-state index is 0.0622. The molecule has 1 aliphatic rings. The Morgan fingerprint density at radius 3 is 2.84 bits per heavy atom. The van der Waals surface area contributed by atoms with Crippen molar-refractivity contribution in [2.24, 2.45) is 0 Å². The third-order valence-electron chi connectivity index (χ3n) is 2.58. The Bertz CT molecular complexity index is 548. The van der Waals surface area contributed by atoms with Crippen molar-refractivity contribution in [1.29, 1.82) is 0 Å². The van der Waals surface area contributed by atoms with Gasteiger partial charge in [0, 0.05) is 6.42 Å². The van der Waals surface area contributed by atoms with Crippen LogP contribution in [-0.2, 0) is 14.4 Å². The van der Waals surface area contributed by atoms with E-state index >= 15 is 0 Å². The number of imide groups is 1. The van der Waals surface area contributed by atoms with Gasteiger partial charge in [-0.15, -0.1) is 11.8 Å². The molecule has 2 rings (SSSR count). The van der Waals surface area contributed by atoms with Crippen LogP contribution in [0.2, 0.25) is 0 Å². The van der Waals surface area contributed by atoms with Crippen molar-refractivity contribution in [1.82, 2.24) is 0 Å². The second-order valence-electron chi connectivity index (χ2n) is 3.94. The van der Waals surface area contributed by atoms with Gasteiger partial charge in [-0.05, 0) is 18.2 Å². The molecule has 0 aliphatic carbocycles. The molecule has 0 bridgehead atoms. The number of carboxylic acids is 1. The Kier molecular flexibility index (Phi) is 3.84. The predicted molar refractivity (Wildman–Crippen MR) is 67.4 cm³/mol. The third kappa shape index (κ3) is 2.93. The Hall–Kier alpha value is -1.89. The van der Waals surface area contributed by atoms with Crippen molar-refractivity contribution in [3.05, 3.63) is 30.1 Å². The number of aliphatic carboxylic acids is 1. The van der Waals surface area contributed by atoms with E-state index < -0.39 is 28.9 Å². The summed E-state index contributed by atoms with van der Waals surface area (Å²) in [5, 5.41) is 7.85. The fourth-order valence-electron chi connectivity index (χ4n) is 1.79. The molecule has 0 unspecified atom stereocenters. The second-order valence-corrected chi connectivity index (χ2v) is 5.14. The van der Waals surface area contributed by atoms with Gasteiger partial charge in [0.25, 0.3) is 0 Å². The van der Waals surface area contributed by atoms with Crippen LogP contribution in [0, 0.1) is 5.82 Å². The zero-order valence-electron chi connectivity index (χ0n) is 9.71. The number of hydrogen-bond donors (Lipinski definition) is 1. The highest BCUT2D eigenvalue weighted by atomic mass is 32.2. The Morgan fingerprint density at radius 1 is 1.47 bits per heavy atom. The highest BCUT2D eigenvalue weighted by molar-refractivity contribution is 8.01. The molecule has 0 saturated carbocycles. The van der Waals surface area contributed by atoms with Crippen molar-refractivity contribution in [3.63, 3.8) is 0 Å². The Morgan fingerprint density at radius 2 is 2.21 bits per heavy atom. The molecule has 1 atom stereocenters. The molecule has 0 spiro atoms. The normalized spacial score (nSPS) is 19.0. The van der Waals surface area contributed by atoms with Crippen LogP contribution < -0.4 is 4.90 Å². The van der Waals surface area contributed by atoms with E-state index in [1.54, 1.807) is 0 Å². The zero-order chi connectivity index (χ0) is 14.0. The summed E-state index contributed by atoms with van der Waals surface area (Å²) in [5.74, 6) is -2.78. The number of rotatable bonds is 4. The van der Waals surface area contributed by atoms with Crippen LogP contribution in [0.3, 0.4) is 0 Å². The van der Waals surface area contributed by atoms with Crippen LogP contribution in [-0.4, -0.2) is 33.9 Å². The van der Waals surface area contributed by atoms with Gasteiger partial charge in [0.1, 0.15) is 5.82 Å². The molecular formula is C12H10FNO4S. The SMILES string of the molecule is O=C(O)CS[C@H]1CC(=O)N(c2cccc(F)c2)C1=O. The fraction of sp³-hybridized carbons (Fsp3) is 0.250. The highest BCUT2D eigenvalue weighted by Gasteiger charge is 2.40. The lowest BCUT2D eigenvalue weighted by Gasteiger charge is -2.14. The van der Waals surface area contributed by atoms with E-state index in [1.807, 2.05) is 0 Å². The summed E-state index contributed by atoms with van der Waals surface area (Å²) in [5.41, 5.74) is 0.174. The Balaban J connectivity index is 2.17. The summed E-state index contributed by atoms with van der Waals surface area (Å²) in [6.45, 7) is 0. The second kappa shape index (κ2) is 5.40. The number of halogens is 1. The third-order valence-corrected chi connectivity index (χ3v) is 3.76. The molecule has 0 aromatic heterocycles. The number of hydrogen-bond acceptors (Lipinski definition) is 4. The van der Waals surface area contributed by atoms with Crippen molar-refractivity contribution < 1.29 is 23.9 Å². The zero-order valence-corrected chi connectivity index (χ0v) is 10.5. The standard InChI is InChI=1S/C12H10FNO4S/c13-7-2-1-3-8(4-7)14-10(15)5-9(12(14)18)19-6-11(16)17/h1-4,9H,5-6H2,(H,16,17)/t9-/m0/s1. The summed E-state index contributed by atoms with van der Waals surface area (Å²) in [7, 11) is 0. The van der Waals surface area contributed by atoms with E-state index in [2.05, 4.69) is 0 Å². The first kappa shape index (κ1) is 13.5. The number of carbonyl (C=O) groups excluding carboxylic acids is 2. The average Bonchev–Trinajstić information content (AvgIpc) is 2.62. The highest BCUT2D eigenvalue weighted by Crippen LogP contribution is 2.29. The lowest BCUT2D eigenvalue weighted by atomic mass is 10.3. The molecule has 0 radical (unpaired) electrons. The van der Waals surface area contributed by atoms with Crippen molar-refractivity contribution in [3.8, 4) is 0 Å². The van der Waals surface area contributed by atoms with Gasteiger partial charge < -0.3 is 5.11 Å². The monoisotopic (exact) mass is 283 g/mol. The maximum absolute atomic E-state index is 13.1. The van der Waals surface area contributed by atoms with Gasteiger partial charge in [-0.2, -0.15) is 0 Å². The first-order chi connectivity index (χ1) is 8.99. The van der Waals surface area contributed by atoms with Crippen molar-refractivity contribution in [2.75, 3.05) is 10.7 Å². The van der Waals surface area contributed by atoms with Crippen molar-refractivity contribution in [2.45, 2.75) is 11.7 Å². The maximum atomic E-state index is 13.1. The summed E-state index contributed by atoms with van der Waals surface area (Å²) in [4.78, 5) is 35.1. The van der Waals surface area contributed by atoms with Gasteiger partial charge >= 0.3 is 5.97 Å². The fourth-order valence-corrected chi connectivity index (χ4v) is 2.64. The van der Waals surface area contributed by atoms with Gasteiger partial charge in [0.2, 0.25) is 11.8 Å². The van der Waals surface area contributed by atoms with Gasteiger partial charge in [-0.3, -0.25) is 14.4 Å². The lowest BCUT2D eigenvalue weighted by Crippen LogP contribution is -2.31. The van der Waals surface area contributed by atoms with E-state index in [-0.39, 0.29) is 17.9 Å². The van der Waals surface area contributed by atoms with E-state index in [0.717, 1.165) is 22.7 Å². The number of nitrogens with zero attached hydrogens (tertiary/aromatic N) is 1. The molecule has 19 heavy (non-hydrogen) atoms. The van der Waals surface area contributed by atoms with E-state index in [4.69, 9.17) is 5.11 Å².